The van der Waals surface area contributed by atoms with E-state index in [1.165, 1.54) is 0 Å². The summed E-state index contributed by atoms with van der Waals surface area (Å²) in [6.07, 6.45) is 9.02. The molecule has 0 saturated heterocycles. The number of nitrogens with zero attached hydrogens (tertiary/aromatic N) is 2. The molecule has 0 radical (unpaired) electrons. The molecule has 1 fully saturated rings. The zero-order valence-corrected chi connectivity index (χ0v) is 15.9. The highest BCUT2D eigenvalue weighted by atomic mass is 16.5. The average molecular weight is 380 g/mol. The number of fused-ring (bicyclic) bond motifs is 1. The number of ether oxygens (including phenoxy) is 2. The van der Waals surface area contributed by atoms with Crippen molar-refractivity contribution in [2.75, 3.05) is 7.11 Å². The molecule has 28 heavy (non-hydrogen) atoms. The van der Waals surface area contributed by atoms with E-state index < -0.39 is 0 Å². The third-order valence-corrected chi connectivity index (χ3v) is 5.17. The number of carbonyl (C=O) groups is 1. The van der Waals surface area contributed by atoms with Gasteiger partial charge in [-0.2, -0.15) is 0 Å². The summed E-state index contributed by atoms with van der Waals surface area (Å²) in [7, 11) is 1.55. The van der Waals surface area contributed by atoms with Crippen LogP contribution in [0, 0.1) is 0 Å². The Morgan fingerprint density at radius 3 is 2.68 bits per heavy atom. The molecule has 2 N–H and O–H groups in total. The first-order valence-corrected chi connectivity index (χ1v) is 9.59. The standard InChI is InChI=1S/C21H24N4O3/c1-27-20-21(23-11-10-22-20)28-16-8-6-15(7-9-16)25-19(26)12-14-13-24-18-5-3-2-4-17(14)18/h2-5,10-11,13,15-16,24H,6-9,12H2,1H3,(H,25,26). The smallest absolute Gasteiger partial charge is 0.278 e. The van der Waals surface area contributed by atoms with Gasteiger partial charge in [0.1, 0.15) is 6.10 Å². The van der Waals surface area contributed by atoms with Crippen LogP contribution in [-0.2, 0) is 11.2 Å². The van der Waals surface area contributed by atoms with Gasteiger partial charge < -0.3 is 19.8 Å². The predicted octanol–water partition coefficient (Wildman–Crippen LogP) is 3.02. The van der Waals surface area contributed by atoms with Gasteiger partial charge in [0.05, 0.1) is 13.5 Å². The molecular formula is C21H24N4O3. The number of methoxy groups -OCH3 is 1. The third kappa shape index (κ3) is 4.08. The number of hydrogen-bond acceptors (Lipinski definition) is 5. The van der Waals surface area contributed by atoms with Crippen LogP contribution in [0.2, 0.25) is 0 Å². The van der Waals surface area contributed by atoms with Crippen LogP contribution in [0.15, 0.2) is 42.9 Å². The summed E-state index contributed by atoms with van der Waals surface area (Å²) in [6.45, 7) is 0. The van der Waals surface area contributed by atoms with E-state index in [9.17, 15) is 4.79 Å². The largest absolute Gasteiger partial charge is 0.477 e. The van der Waals surface area contributed by atoms with Crippen molar-refractivity contribution in [3.05, 3.63) is 48.4 Å². The van der Waals surface area contributed by atoms with E-state index in [-0.39, 0.29) is 18.1 Å². The van der Waals surface area contributed by atoms with E-state index in [1.54, 1.807) is 19.5 Å². The van der Waals surface area contributed by atoms with Crippen molar-refractivity contribution in [1.82, 2.24) is 20.3 Å². The average Bonchev–Trinajstić information content (AvgIpc) is 3.13. The minimum atomic E-state index is 0.0599. The molecule has 1 aliphatic rings. The number of H-pyrrole nitrogens is 1. The quantitative estimate of drug-likeness (QED) is 0.686. The van der Waals surface area contributed by atoms with Gasteiger partial charge >= 0.3 is 0 Å². The molecular weight excluding hydrogens is 356 g/mol. The lowest BCUT2D eigenvalue weighted by Gasteiger charge is -2.29. The molecule has 0 unspecified atom stereocenters. The lowest BCUT2D eigenvalue weighted by atomic mass is 9.92. The molecule has 1 amide bonds. The molecule has 0 atom stereocenters. The van der Waals surface area contributed by atoms with E-state index >= 15 is 0 Å². The second kappa shape index (κ2) is 8.29. The van der Waals surface area contributed by atoms with Gasteiger partial charge in [-0.1, -0.05) is 18.2 Å². The number of hydrogen-bond donors (Lipinski definition) is 2. The molecule has 2 aromatic heterocycles. The normalized spacial score (nSPS) is 19.3. The van der Waals surface area contributed by atoms with E-state index in [2.05, 4.69) is 20.3 Å². The molecule has 3 aromatic rings. The van der Waals surface area contributed by atoms with Crippen molar-refractivity contribution in [3.63, 3.8) is 0 Å². The second-order valence-corrected chi connectivity index (χ2v) is 7.07. The molecule has 0 bridgehead atoms. The van der Waals surface area contributed by atoms with Crippen LogP contribution in [0.5, 0.6) is 11.8 Å². The van der Waals surface area contributed by atoms with Crippen molar-refractivity contribution in [3.8, 4) is 11.8 Å². The maximum Gasteiger partial charge on any atom is 0.278 e. The zero-order valence-electron chi connectivity index (χ0n) is 15.9. The molecule has 7 heteroatoms. The highest BCUT2D eigenvalue weighted by molar-refractivity contribution is 5.88. The zero-order chi connectivity index (χ0) is 19.3. The summed E-state index contributed by atoms with van der Waals surface area (Å²) in [6, 6.07) is 8.22. The fraction of sp³-hybridized carbons (Fsp3) is 0.381. The molecule has 0 aliphatic heterocycles. The lowest BCUT2D eigenvalue weighted by molar-refractivity contribution is -0.121. The molecule has 7 nitrogen and oxygen atoms in total. The van der Waals surface area contributed by atoms with Crippen LogP contribution >= 0.6 is 0 Å². The number of aromatic amines is 1. The molecule has 0 spiro atoms. The number of nitrogens with one attached hydrogen (secondary N) is 2. The first kappa shape index (κ1) is 18.3. The van der Waals surface area contributed by atoms with Gasteiger partial charge in [0, 0.05) is 35.5 Å². The minimum Gasteiger partial charge on any atom is -0.477 e. The number of carbonyl (C=O) groups excluding carboxylic acids is 1. The van der Waals surface area contributed by atoms with Gasteiger partial charge in [-0.05, 0) is 37.3 Å². The van der Waals surface area contributed by atoms with Crippen molar-refractivity contribution in [2.45, 2.75) is 44.2 Å². The van der Waals surface area contributed by atoms with E-state index in [1.807, 2.05) is 30.5 Å². The minimum absolute atomic E-state index is 0.0599. The van der Waals surface area contributed by atoms with Crippen LogP contribution in [0.4, 0.5) is 0 Å². The molecule has 4 rings (SSSR count). The maximum absolute atomic E-state index is 12.5. The van der Waals surface area contributed by atoms with Gasteiger partial charge in [-0.15, -0.1) is 0 Å². The SMILES string of the molecule is COc1nccnc1OC1CCC(NC(=O)Cc2c[nH]c3ccccc23)CC1. The molecule has 1 aliphatic carbocycles. The van der Waals surface area contributed by atoms with Gasteiger partial charge in [0.15, 0.2) is 0 Å². The fourth-order valence-corrected chi connectivity index (χ4v) is 3.75. The lowest BCUT2D eigenvalue weighted by Crippen LogP contribution is -2.40. The van der Waals surface area contributed by atoms with Crippen molar-refractivity contribution < 1.29 is 14.3 Å². The Morgan fingerprint density at radius 2 is 1.89 bits per heavy atom. The number of benzene rings is 1. The molecule has 2 heterocycles. The second-order valence-electron chi connectivity index (χ2n) is 7.07. The van der Waals surface area contributed by atoms with Crippen LogP contribution in [0.25, 0.3) is 10.9 Å². The first-order valence-electron chi connectivity index (χ1n) is 9.59. The summed E-state index contributed by atoms with van der Waals surface area (Å²) in [4.78, 5) is 24.0. The summed E-state index contributed by atoms with van der Waals surface area (Å²) < 4.78 is 11.1. The van der Waals surface area contributed by atoms with Crippen LogP contribution in [0.1, 0.15) is 31.2 Å². The monoisotopic (exact) mass is 380 g/mol. The summed E-state index contributed by atoms with van der Waals surface area (Å²) in [5, 5.41) is 4.27. The third-order valence-electron chi connectivity index (χ3n) is 5.17. The first-order chi connectivity index (χ1) is 13.7. The maximum atomic E-state index is 12.5. The van der Waals surface area contributed by atoms with Gasteiger partial charge in [0.2, 0.25) is 5.91 Å². The molecule has 1 aromatic carbocycles. The van der Waals surface area contributed by atoms with Gasteiger partial charge in [-0.3, -0.25) is 4.79 Å². The van der Waals surface area contributed by atoms with Gasteiger partial charge in [-0.25, -0.2) is 9.97 Å². The Hall–Kier alpha value is -3.09. The fourth-order valence-electron chi connectivity index (χ4n) is 3.75. The van der Waals surface area contributed by atoms with Crippen LogP contribution in [-0.4, -0.2) is 40.1 Å². The highest BCUT2D eigenvalue weighted by Crippen LogP contribution is 2.27. The summed E-state index contributed by atoms with van der Waals surface area (Å²) >= 11 is 0. The molecule has 146 valence electrons. The predicted molar refractivity (Wildman–Crippen MR) is 105 cm³/mol. The number of para-hydroxylation sites is 1. The van der Waals surface area contributed by atoms with Crippen molar-refractivity contribution in [1.29, 1.82) is 0 Å². The molecule has 1 saturated carbocycles. The topological polar surface area (TPSA) is 89.1 Å². The number of amides is 1. The van der Waals surface area contributed by atoms with Crippen molar-refractivity contribution >= 4 is 16.8 Å². The highest BCUT2D eigenvalue weighted by Gasteiger charge is 2.25. The number of rotatable bonds is 6. The van der Waals surface area contributed by atoms with Crippen LogP contribution in [0.3, 0.4) is 0 Å². The van der Waals surface area contributed by atoms with E-state index in [0.29, 0.717) is 18.2 Å². The Balaban J connectivity index is 1.28. The van der Waals surface area contributed by atoms with Gasteiger partial charge in [0.25, 0.3) is 11.8 Å². The Bertz CT molecular complexity index is 947. The van der Waals surface area contributed by atoms with E-state index in [4.69, 9.17) is 9.47 Å². The summed E-state index contributed by atoms with van der Waals surface area (Å²) in [5.74, 6) is 0.887. The van der Waals surface area contributed by atoms with E-state index in [0.717, 1.165) is 42.1 Å². The Kier molecular flexibility index (Phi) is 5.41. The Labute approximate surface area is 163 Å². The van der Waals surface area contributed by atoms with Crippen LogP contribution < -0.4 is 14.8 Å². The Morgan fingerprint density at radius 1 is 1.14 bits per heavy atom. The van der Waals surface area contributed by atoms with Crippen molar-refractivity contribution in [2.24, 2.45) is 0 Å². The summed E-state index contributed by atoms with van der Waals surface area (Å²) in [5.41, 5.74) is 2.09. The number of aromatic nitrogens is 3.